The Hall–Kier alpha value is -1.80. The molecule has 1 amide bonds. The molecule has 0 aromatic heterocycles. The Bertz CT molecular complexity index is 933. The number of halogens is 2. The van der Waals surface area contributed by atoms with Crippen molar-refractivity contribution in [1.82, 2.24) is 4.72 Å². The molecule has 2 aromatic carbocycles. The molecule has 0 aliphatic heterocycles. The second-order valence-electron chi connectivity index (χ2n) is 5.69. The summed E-state index contributed by atoms with van der Waals surface area (Å²) in [6.45, 7) is 2.31. The topological polar surface area (TPSA) is 84.5 Å². The fourth-order valence-electron chi connectivity index (χ4n) is 2.28. The molecule has 0 bridgehead atoms. The maximum absolute atomic E-state index is 12.5. The Labute approximate surface area is 168 Å². The Morgan fingerprint density at radius 2 is 1.89 bits per heavy atom. The van der Waals surface area contributed by atoms with E-state index in [1.165, 1.54) is 43.5 Å². The average Bonchev–Trinajstić information content (AvgIpc) is 2.61. The molecule has 0 radical (unpaired) electrons. The average molecular weight is 431 g/mol. The fraction of sp³-hybridized carbons (Fsp3) is 0.278. The molecule has 0 fully saturated rings. The quantitative estimate of drug-likeness (QED) is 0.610. The number of rotatable bonds is 8. The van der Waals surface area contributed by atoms with Crippen LogP contribution in [0.5, 0.6) is 5.75 Å². The number of nitrogens with one attached hydrogen (secondary N) is 2. The molecule has 0 spiro atoms. The first kappa shape index (κ1) is 21.5. The molecule has 2 aromatic rings. The van der Waals surface area contributed by atoms with Crippen LogP contribution in [0.2, 0.25) is 10.0 Å². The summed E-state index contributed by atoms with van der Waals surface area (Å²) in [5, 5.41) is 3.22. The molecule has 0 aliphatic carbocycles. The minimum absolute atomic E-state index is 0.0249. The number of carbonyl (C=O) groups excluding carboxylic acids is 1. The van der Waals surface area contributed by atoms with Crippen molar-refractivity contribution in [3.8, 4) is 5.75 Å². The third-order valence-electron chi connectivity index (χ3n) is 3.73. The highest BCUT2D eigenvalue weighted by Crippen LogP contribution is 2.29. The normalized spacial score (nSPS) is 11.3. The number of sulfonamides is 1. The number of unbranched alkanes of at least 4 members (excludes halogenated alkanes) is 1. The van der Waals surface area contributed by atoms with Crippen molar-refractivity contribution in [2.45, 2.75) is 24.7 Å². The van der Waals surface area contributed by atoms with Crippen LogP contribution in [0, 0.1) is 0 Å². The van der Waals surface area contributed by atoms with Gasteiger partial charge in [0.05, 0.1) is 28.3 Å². The Balaban J connectivity index is 2.31. The minimum atomic E-state index is -3.69. The molecule has 6 nitrogen and oxygen atoms in total. The summed E-state index contributed by atoms with van der Waals surface area (Å²) >= 11 is 11.9. The van der Waals surface area contributed by atoms with Crippen molar-refractivity contribution in [3.63, 3.8) is 0 Å². The van der Waals surface area contributed by atoms with Gasteiger partial charge in [0.15, 0.2) is 0 Å². The first-order chi connectivity index (χ1) is 12.8. The zero-order valence-electron chi connectivity index (χ0n) is 14.9. The van der Waals surface area contributed by atoms with Crippen LogP contribution in [0.1, 0.15) is 30.1 Å². The second-order valence-corrected chi connectivity index (χ2v) is 8.30. The maximum Gasteiger partial charge on any atom is 0.257 e. The summed E-state index contributed by atoms with van der Waals surface area (Å²) in [4.78, 5) is 12.6. The first-order valence-corrected chi connectivity index (χ1v) is 10.5. The zero-order chi connectivity index (χ0) is 20.0. The molecular weight excluding hydrogens is 411 g/mol. The van der Waals surface area contributed by atoms with E-state index in [1.807, 2.05) is 6.92 Å². The fourth-order valence-corrected chi connectivity index (χ4v) is 3.88. The van der Waals surface area contributed by atoms with Gasteiger partial charge in [0.2, 0.25) is 10.0 Å². The van der Waals surface area contributed by atoms with Crippen LogP contribution in [-0.4, -0.2) is 28.0 Å². The van der Waals surface area contributed by atoms with Crippen LogP contribution in [-0.2, 0) is 10.0 Å². The van der Waals surface area contributed by atoms with E-state index in [1.54, 1.807) is 0 Å². The van der Waals surface area contributed by atoms with Gasteiger partial charge in [-0.05, 0) is 42.8 Å². The van der Waals surface area contributed by atoms with Crippen molar-refractivity contribution >= 4 is 44.8 Å². The van der Waals surface area contributed by atoms with Crippen molar-refractivity contribution < 1.29 is 17.9 Å². The molecule has 27 heavy (non-hydrogen) atoms. The van der Waals surface area contributed by atoms with E-state index < -0.39 is 15.9 Å². The van der Waals surface area contributed by atoms with E-state index in [4.69, 9.17) is 27.9 Å². The number of ether oxygens (including phenoxy) is 1. The Morgan fingerprint density at radius 3 is 2.52 bits per heavy atom. The van der Waals surface area contributed by atoms with E-state index >= 15 is 0 Å². The van der Waals surface area contributed by atoms with Gasteiger partial charge in [-0.3, -0.25) is 4.79 Å². The molecule has 0 heterocycles. The van der Waals surface area contributed by atoms with Crippen LogP contribution in [0.25, 0.3) is 0 Å². The molecule has 0 saturated heterocycles. The third-order valence-corrected chi connectivity index (χ3v) is 5.73. The molecule has 0 atom stereocenters. The minimum Gasteiger partial charge on any atom is -0.495 e. The van der Waals surface area contributed by atoms with Gasteiger partial charge in [-0.1, -0.05) is 36.5 Å². The Kier molecular flexibility index (Phi) is 7.49. The molecule has 0 saturated carbocycles. The maximum atomic E-state index is 12.5. The second kappa shape index (κ2) is 9.41. The number of benzene rings is 2. The van der Waals surface area contributed by atoms with Crippen LogP contribution in [0.3, 0.4) is 0 Å². The molecule has 2 N–H and O–H groups in total. The van der Waals surface area contributed by atoms with E-state index in [0.29, 0.717) is 17.3 Å². The standard InChI is InChI=1S/C18H20Cl2N2O4S/c1-3-4-9-21-27(24,25)13-6-8-17(26-2)16(11-13)22-18(23)14-7-5-12(19)10-15(14)20/h5-8,10-11,21H,3-4,9H2,1-2H3,(H,22,23). The predicted octanol–water partition coefficient (Wildman–Crippen LogP) is 4.33. The number of amides is 1. The smallest absolute Gasteiger partial charge is 0.257 e. The SMILES string of the molecule is CCCCNS(=O)(=O)c1ccc(OC)c(NC(=O)c2ccc(Cl)cc2Cl)c1. The van der Waals surface area contributed by atoms with Gasteiger partial charge in [0.1, 0.15) is 5.75 Å². The molecule has 0 aliphatic rings. The highest BCUT2D eigenvalue weighted by molar-refractivity contribution is 7.89. The van der Waals surface area contributed by atoms with Crippen LogP contribution < -0.4 is 14.8 Å². The molecule has 0 unspecified atom stereocenters. The summed E-state index contributed by atoms with van der Waals surface area (Å²) in [5.41, 5.74) is 0.421. The van der Waals surface area contributed by atoms with Gasteiger partial charge in [-0.15, -0.1) is 0 Å². The highest BCUT2D eigenvalue weighted by Gasteiger charge is 2.18. The van der Waals surface area contributed by atoms with Crippen molar-refractivity contribution in [2.24, 2.45) is 0 Å². The Morgan fingerprint density at radius 1 is 1.15 bits per heavy atom. The van der Waals surface area contributed by atoms with Gasteiger partial charge in [0, 0.05) is 11.6 Å². The highest BCUT2D eigenvalue weighted by atomic mass is 35.5. The van der Waals surface area contributed by atoms with Crippen LogP contribution in [0.15, 0.2) is 41.3 Å². The van der Waals surface area contributed by atoms with E-state index in [0.717, 1.165) is 12.8 Å². The van der Waals surface area contributed by atoms with E-state index in [-0.39, 0.29) is 21.2 Å². The zero-order valence-corrected chi connectivity index (χ0v) is 17.2. The lowest BCUT2D eigenvalue weighted by molar-refractivity contribution is 0.102. The summed E-state index contributed by atoms with van der Waals surface area (Å²) in [6.07, 6.45) is 1.60. The lowest BCUT2D eigenvalue weighted by Gasteiger charge is -2.13. The number of hydrogen-bond acceptors (Lipinski definition) is 4. The molecule has 2 rings (SSSR count). The van der Waals surface area contributed by atoms with Gasteiger partial charge < -0.3 is 10.1 Å². The largest absolute Gasteiger partial charge is 0.495 e. The van der Waals surface area contributed by atoms with Crippen molar-refractivity contribution in [2.75, 3.05) is 19.0 Å². The number of carbonyl (C=O) groups is 1. The molecule has 146 valence electrons. The summed E-state index contributed by atoms with van der Waals surface area (Å²) in [6, 6.07) is 8.71. The summed E-state index contributed by atoms with van der Waals surface area (Å²) in [5.74, 6) is -0.190. The van der Waals surface area contributed by atoms with Crippen LogP contribution >= 0.6 is 23.2 Å². The van der Waals surface area contributed by atoms with E-state index in [9.17, 15) is 13.2 Å². The van der Waals surface area contributed by atoms with Gasteiger partial charge >= 0.3 is 0 Å². The summed E-state index contributed by atoms with van der Waals surface area (Å²) < 4.78 is 32.5. The molecular formula is C18H20Cl2N2O4S. The van der Waals surface area contributed by atoms with Crippen LogP contribution in [0.4, 0.5) is 5.69 Å². The number of methoxy groups -OCH3 is 1. The lowest BCUT2D eigenvalue weighted by atomic mass is 10.2. The van der Waals surface area contributed by atoms with E-state index in [2.05, 4.69) is 10.0 Å². The number of anilines is 1. The predicted molar refractivity (Wildman–Crippen MR) is 108 cm³/mol. The van der Waals surface area contributed by atoms with Crippen molar-refractivity contribution in [3.05, 3.63) is 52.0 Å². The van der Waals surface area contributed by atoms with Crippen molar-refractivity contribution in [1.29, 1.82) is 0 Å². The third kappa shape index (κ3) is 5.59. The first-order valence-electron chi connectivity index (χ1n) is 8.22. The molecule has 9 heteroatoms. The summed E-state index contributed by atoms with van der Waals surface area (Å²) in [7, 11) is -2.27. The number of hydrogen-bond donors (Lipinski definition) is 2. The van der Waals surface area contributed by atoms with Gasteiger partial charge in [0.25, 0.3) is 5.91 Å². The lowest BCUT2D eigenvalue weighted by Crippen LogP contribution is -2.25. The van der Waals surface area contributed by atoms with Gasteiger partial charge in [-0.25, -0.2) is 13.1 Å². The van der Waals surface area contributed by atoms with Gasteiger partial charge in [-0.2, -0.15) is 0 Å². The monoisotopic (exact) mass is 430 g/mol.